The highest BCUT2D eigenvalue weighted by Gasteiger charge is 2.45. The maximum absolute atomic E-state index is 12.6. The molecular weight excluding hydrogens is 352 g/mol. The Balaban J connectivity index is 1.32. The van der Waals surface area contributed by atoms with Gasteiger partial charge in [-0.25, -0.2) is 0 Å². The molecular formula is C22H26N4O2. The summed E-state index contributed by atoms with van der Waals surface area (Å²) in [6.45, 7) is 2.84. The van der Waals surface area contributed by atoms with Crippen LogP contribution in [0.25, 0.3) is 6.08 Å². The largest absolute Gasteiger partial charge is 0.339 e. The Morgan fingerprint density at radius 3 is 2.64 bits per heavy atom. The lowest BCUT2D eigenvalue weighted by Crippen LogP contribution is -2.44. The van der Waals surface area contributed by atoms with Crippen LogP contribution in [0.3, 0.4) is 0 Å². The molecule has 2 fully saturated rings. The normalized spacial score (nSPS) is 19.1. The van der Waals surface area contributed by atoms with Crippen molar-refractivity contribution >= 4 is 17.9 Å². The van der Waals surface area contributed by atoms with Crippen LogP contribution in [0.2, 0.25) is 0 Å². The topological polar surface area (TPSA) is 58.4 Å². The number of carbonyl (C=O) groups excluding carboxylic acids is 2. The fourth-order valence-corrected chi connectivity index (χ4v) is 4.26. The highest BCUT2D eigenvalue weighted by atomic mass is 16.2. The summed E-state index contributed by atoms with van der Waals surface area (Å²) in [5.74, 6) is 0.264. The van der Waals surface area contributed by atoms with Gasteiger partial charge in [-0.1, -0.05) is 42.5 Å². The van der Waals surface area contributed by atoms with E-state index in [4.69, 9.17) is 0 Å². The van der Waals surface area contributed by atoms with Crippen molar-refractivity contribution in [1.82, 2.24) is 19.6 Å². The number of likely N-dealkylation sites (tertiary alicyclic amines) is 2. The summed E-state index contributed by atoms with van der Waals surface area (Å²) < 4.78 is 1.65. The molecule has 1 aromatic carbocycles. The highest BCUT2D eigenvalue weighted by Crippen LogP contribution is 2.41. The molecule has 0 aliphatic carbocycles. The molecule has 0 N–H and O–H groups in total. The molecule has 1 spiro atoms. The van der Waals surface area contributed by atoms with Crippen molar-refractivity contribution in [2.24, 2.45) is 12.5 Å². The van der Waals surface area contributed by atoms with E-state index in [0.29, 0.717) is 31.6 Å². The lowest BCUT2D eigenvalue weighted by atomic mass is 9.77. The quantitative estimate of drug-likeness (QED) is 0.822. The van der Waals surface area contributed by atoms with Crippen LogP contribution in [-0.4, -0.2) is 57.6 Å². The molecule has 3 heterocycles. The first-order valence-electron chi connectivity index (χ1n) is 9.82. The van der Waals surface area contributed by atoms with Gasteiger partial charge < -0.3 is 9.80 Å². The lowest BCUT2D eigenvalue weighted by molar-refractivity contribution is -0.127. The number of hydrogen-bond acceptors (Lipinski definition) is 3. The predicted molar refractivity (Wildman–Crippen MR) is 107 cm³/mol. The van der Waals surface area contributed by atoms with Gasteiger partial charge in [-0.05, 0) is 18.4 Å². The van der Waals surface area contributed by atoms with Gasteiger partial charge in [-0.15, -0.1) is 0 Å². The molecule has 28 heavy (non-hydrogen) atoms. The Labute approximate surface area is 165 Å². The number of nitrogens with zero attached hydrogens (tertiary/aromatic N) is 4. The lowest BCUT2D eigenvalue weighted by Gasteiger charge is -2.38. The highest BCUT2D eigenvalue weighted by molar-refractivity contribution is 5.93. The third-order valence-electron chi connectivity index (χ3n) is 5.90. The zero-order valence-corrected chi connectivity index (χ0v) is 16.3. The van der Waals surface area contributed by atoms with Crippen molar-refractivity contribution in [3.05, 3.63) is 59.9 Å². The molecule has 2 amide bonds. The van der Waals surface area contributed by atoms with E-state index in [1.54, 1.807) is 17.1 Å². The second kappa shape index (κ2) is 7.62. The van der Waals surface area contributed by atoms with Crippen molar-refractivity contribution in [2.45, 2.75) is 19.3 Å². The number of piperidine rings is 1. The number of amides is 2. The average Bonchev–Trinajstić information content (AvgIpc) is 3.26. The van der Waals surface area contributed by atoms with Crippen molar-refractivity contribution in [2.75, 3.05) is 26.2 Å². The van der Waals surface area contributed by atoms with Crippen LogP contribution in [-0.2, 0) is 11.8 Å². The van der Waals surface area contributed by atoms with Gasteiger partial charge in [0, 0.05) is 51.3 Å². The monoisotopic (exact) mass is 378 g/mol. The van der Waals surface area contributed by atoms with Crippen LogP contribution in [0.5, 0.6) is 0 Å². The Kier molecular flexibility index (Phi) is 5.03. The number of carbonyl (C=O) groups is 2. The van der Waals surface area contributed by atoms with Crippen molar-refractivity contribution in [3.63, 3.8) is 0 Å². The molecule has 2 aliphatic rings. The molecule has 0 radical (unpaired) electrons. The smallest absolute Gasteiger partial charge is 0.257 e. The summed E-state index contributed by atoms with van der Waals surface area (Å²) in [5.41, 5.74) is 1.79. The average molecular weight is 378 g/mol. The van der Waals surface area contributed by atoms with E-state index in [2.05, 4.69) is 29.4 Å². The van der Waals surface area contributed by atoms with Gasteiger partial charge in [0.25, 0.3) is 5.91 Å². The van der Waals surface area contributed by atoms with Gasteiger partial charge >= 0.3 is 0 Å². The Morgan fingerprint density at radius 2 is 1.96 bits per heavy atom. The van der Waals surface area contributed by atoms with E-state index in [9.17, 15) is 9.59 Å². The summed E-state index contributed by atoms with van der Waals surface area (Å²) in [6, 6.07) is 10.1. The first-order valence-corrected chi connectivity index (χ1v) is 9.82. The first-order chi connectivity index (χ1) is 13.5. The van der Waals surface area contributed by atoms with Crippen LogP contribution in [0.1, 0.15) is 35.2 Å². The minimum Gasteiger partial charge on any atom is -0.339 e. The van der Waals surface area contributed by atoms with Crippen LogP contribution in [0.4, 0.5) is 0 Å². The molecule has 0 bridgehead atoms. The molecule has 6 nitrogen and oxygen atoms in total. The molecule has 2 saturated heterocycles. The van der Waals surface area contributed by atoms with Crippen LogP contribution in [0.15, 0.2) is 48.8 Å². The second-order valence-corrected chi connectivity index (χ2v) is 7.96. The summed E-state index contributed by atoms with van der Waals surface area (Å²) in [7, 11) is 1.81. The van der Waals surface area contributed by atoms with Crippen molar-refractivity contribution < 1.29 is 9.59 Å². The molecule has 2 aromatic rings. The fraction of sp³-hybridized carbons (Fsp3) is 0.409. The van der Waals surface area contributed by atoms with Crippen LogP contribution in [0, 0.1) is 5.41 Å². The minimum absolute atomic E-state index is 0.0173. The maximum atomic E-state index is 12.6. The van der Waals surface area contributed by atoms with Crippen molar-refractivity contribution in [3.8, 4) is 0 Å². The zero-order valence-electron chi connectivity index (χ0n) is 16.3. The minimum atomic E-state index is 0.0173. The van der Waals surface area contributed by atoms with Gasteiger partial charge in [0.05, 0.1) is 11.8 Å². The predicted octanol–water partition coefficient (Wildman–Crippen LogP) is 2.59. The van der Waals surface area contributed by atoms with Gasteiger partial charge in [-0.3, -0.25) is 14.3 Å². The van der Waals surface area contributed by atoms with Gasteiger partial charge in [0.1, 0.15) is 0 Å². The molecule has 2 aliphatic heterocycles. The van der Waals surface area contributed by atoms with E-state index in [0.717, 1.165) is 24.9 Å². The summed E-state index contributed by atoms with van der Waals surface area (Å²) in [4.78, 5) is 29.0. The van der Waals surface area contributed by atoms with Gasteiger partial charge in [0.2, 0.25) is 5.91 Å². The van der Waals surface area contributed by atoms with Gasteiger partial charge in [-0.2, -0.15) is 5.10 Å². The van der Waals surface area contributed by atoms with E-state index in [1.165, 1.54) is 0 Å². The third kappa shape index (κ3) is 3.86. The van der Waals surface area contributed by atoms with Crippen LogP contribution < -0.4 is 0 Å². The Morgan fingerprint density at radius 1 is 1.21 bits per heavy atom. The standard InChI is InChI=1S/C22H26N4O2/c1-24-16-19(15-23-24)21(28)25-12-9-22(10-13-25)14-20(27)26(17-22)11-5-8-18-6-3-2-4-7-18/h2-8,15-16H,9-14,17H2,1H3/b8-5+. The molecule has 6 heteroatoms. The molecule has 146 valence electrons. The Hall–Kier alpha value is -2.89. The second-order valence-electron chi connectivity index (χ2n) is 7.96. The molecule has 0 unspecified atom stereocenters. The van der Waals surface area contributed by atoms with Crippen LogP contribution >= 0.6 is 0 Å². The number of aromatic nitrogens is 2. The number of hydrogen-bond donors (Lipinski definition) is 0. The molecule has 0 saturated carbocycles. The third-order valence-corrected chi connectivity index (χ3v) is 5.90. The molecule has 0 atom stereocenters. The SMILES string of the molecule is Cn1cc(C(=O)N2CCC3(CC2)CC(=O)N(C/C=C/c2ccccc2)C3)cn1. The van der Waals surface area contributed by atoms with E-state index in [1.807, 2.05) is 35.0 Å². The molecule has 4 rings (SSSR count). The fourth-order valence-electron chi connectivity index (χ4n) is 4.26. The number of benzene rings is 1. The number of rotatable bonds is 4. The summed E-state index contributed by atoms with van der Waals surface area (Å²) >= 11 is 0. The van der Waals surface area contributed by atoms with E-state index in [-0.39, 0.29) is 17.2 Å². The van der Waals surface area contributed by atoms with Gasteiger partial charge in [0.15, 0.2) is 0 Å². The van der Waals surface area contributed by atoms with E-state index >= 15 is 0 Å². The summed E-state index contributed by atoms with van der Waals surface area (Å²) in [5, 5.41) is 4.09. The molecule has 1 aromatic heterocycles. The Bertz CT molecular complexity index is 879. The van der Waals surface area contributed by atoms with Crippen molar-refractivity contribution in [1.29, 1.82) is 0 Å². The first kappa shape index (κ1) is 18.5. The summed E-state index contributed by atoms with van der Waals surface area (Å²) in [6.07, 6.45) is 9.86. The number of aryl methyl sites for hydroxylation is 1. The zero-order chi connectivity index (χ0) is 19.6. The maximum Gasteiger partial charge on any atom is 0.257 e. The van der Waals surface area contributed by atoms with E-state index < -0.39 is 0 Å².